The molecule has 3 heterocycles. The van der Waals surface area contributed by atoms with Crippen LogP contribution in [0.25, 0.3) is 5.52 Å². The number of hydrogen-bond acceptors (Lipinski definition) is 6. The van der Waals surface area contributed by atoms with E-state index in [0.29, 0.717) is 37.4 Å². The number of nitriles is 1. The molecule has 10 heteroatoms. The maximum absolute atomic E-state index is 11.6. The second kappa shape index (κ2) is 6.75. The lowest BCUT2D eigenvalue weighted by Crippen LogP contribution is -2.47. The Morgan fingerprint density at radius 3 is 2.62 bits per heavy atom. The van der Waals surface area contributed by atoms with E-state index >= 15 is 0 Å². The zero-order chi connectivity index (χ0) is 19.1. The average molecular weight is 378 g/mol. The lowest BCUT2D eigenvalue weighted by atomic mass is 10.0. The number of aromatic nitrogens is 2. The first-order chi connectivity index (χ1) is 12.3. The predicted octanol–water partition coefficient (Wildman–Crippen LogP) is 0.627. The summed E-state index contributed by atoms with van der Waals surface area (Å²) >= 11 is 0. The molecule has 1 aliphatic heterocycles. The number of aryl methyl sites for hydroxylation is 1. The Balaban J connectivity index is 1.97. The van der Waals surface area contributed by atoms with Gasteiger partial charge in [0.25, 0.3) is 10.2 Å². The van der Waals surface area contributed by atoms with E-state index in [9.17, 15) is 13.7 Å². The minimum atomic E-state index is -3.71. The summed E-state index contributed by atoms with van der Waals surface area (Å²) in [7, 11) is -0.625. The minimum absolute atomic E-state index is 0.146. The number of methoxy groups -OCH3 is 1. The van der Waals surface area contributed by atoms with Crippen LogP contribution in [-0.4, -0.2) is 55.6 Å². The van der Waals surface area contributed by atoms with E-state index in [1.807, 2.05) is 13.0 Å². The maximum Gasteiger partial charge on any atom is 0.276 e. The van der Waals surface area contributed by atoms with Gasteiger partial charge in [0, 0.05) is 32.2 Å². The summed E-state index contributed by atoms with van der Waals surface area (Å²) in [5.41, 5.74) is 3.09. The third-order valence-corrected chi connectivity index (χ3v) is 6.04. The lowest BCUT2D eigenvalue weighted by Gasteiger charge is -2.37. The fraction of sp³-hybridized carbons (Fsp3) is 0.500. The van der Waals surface area contributed by atoms with Gasteiger partial charge in [-0.15, -0.1) is 0 Å². The molecule has 1 saturated heterocycles. The second-order valence-corrected chi connectivity index (χ2v) is 8.03. The van der Waals surface area contributed by atoms with Crippen LogP contribution < -0.4 is 14.8 Å². The molecule has 0 spiro atoms. The van der Waals surface area contributed by atoms with Gasteiger partial charge in [-0.1, -0.05) is 0 Å². The van der Waals surface area contributed by atoms with Gasteiger partial charge in [0.15, 0.2) is 0 Å². The Bertz CT molecular complexity index is 970. The molecule has 2 aromatic heterocycles. The zero-order valence-electron chi connectivity index (χ0n) is 15.0. The highest BCUT2D eigenvalue weighted by Gasteiger charge is 2.30. The number of rotatable bonds is 4. The van der Waals surface area contributed by atoms with Gasteiger partial charge in [-0.25, -0.2) is 5.14 Å². The van der Waals surface area contributed by atoms with Crippen LogP contribution >= 0.6 is 0 Å². The number of anilines is 1. The van der Waals surface area contributed by atoms with Gasteiger partial charge in [0.1, 0.15) is 6.07 Å². The highest BCUT2D eigenvalue weighted by Crippen LogP contribution is 2.34. The van der Waals surface area contributed by atoms with E-state index in [2.05, 4.69) is 16.1 Å². The molecule has 2 aromatic rings. The standard InChI is InChI=1S/C16H22N6O3S/c1-11-8-14(25-3)22-15(11)16(12(9-17)10-19-22)21-6-4-13(5-7-21)20(2)26(18,23)24/h8,10,13H,4-7H2,1-3H3,(H2,18,23,24). The van der Waals surface area contributed by atoms with E-state index < -0.39 is 10.2 Å². The average Bonchev–Trinajstić information content (AvgIpc) is 2.95. The normalized spacial score (nSPS) is 16.2. The monoisotopic (exact) mass is 378 g/mol. The molecule has 9 nitrogen and oxygen atoms in total. The van der Waals surface area contributed by atoms with Gasteiger partial charge >= 0.3 is 0 Å². The SMILES string of the molecule is COc1cc(C)c2c(N3CCC(N(C)S(N)(=O)=O)CC3)c(C#N)cnn12. The quantitative estimate of drug-likeness (QED) is 0.834. The van der Waals surface area contributed by atoms with Crippen LogP contribution in [0.5, 0.6) is 5.88 Å². The van der Waals surface area contributed by atoms with Gasteiger partial charge in [-0.2, -0.15) is 27.6 Å². The Labute approximate surface area is 152 Å². The molecule has 140 valence electrons. The fourth-order valence-corrected chi connectivity index (χ4v) is 4.13. The Morgan fingerprint density at radius 1 is 1.42 bits per heavy atom. The molecule has 26 heavy (non-hydrogen) atoms. The molecule has 0 aromatic carbocycles. The molecule has 0 saturated carbocycles. The van der Waals surface area contributed by atoms with Crippen LogP contribution in [0.2, 0.25) is 0 Å². The van der Waals surface area contributed by atoms with Crippen LogP contribution in [0.4, 0.5) is 5.69 Å². The predicted molar refractivity (Wildman–Crippen MR) is 97.3 cm³/mol. The maximum atomic E-state index is 11.6. The van der Waals surface area contributed by atoms with Crippen molar-refractivity contribution in [3.8, 4) is 11.9 Å². The first-order valence-electron chi connectivity index (χ1n) is 8.24. The van der Waals surface area contributed by atoms with Gasteiger partial charge in [0.05, 0.1) is 30.1 Å². The van der Waals surface area contributed by atoms with Crippen molar-refractivity contribution in [3.63, 3.8) is 0 Å². The van der Waals surface area contributed by atoms with Gasteiger partial charge < -0.3 is 9.64 Å². The topological polar surface area (TPSA) is 117 Å². The van der Waals surface area contributed by atoms with E-state index in [4.69, 9.17) is 9.88 Å². The van der Waals surface area contributed by atoms with Crippen molar-refractivity contribution < 1.29 is 13.2 Å². The van der Waals surface area contributed by atoms with Crippen LogP contribution in [0.1, 0.15) is 24.0 Å². The molecular formula is C16H22N6O3S. The van der Waals surface area contributed by atoms with Gasteiger partial charge in [-0.05, 0) is 25.3 Å². The first-order valence-corrected chi connectivity index (χ1v) is 9.74. The first kappa shape index (κ1) is 18.4. The third kappa shape index (κ3) is 3.09. The fourth-order valence-electron chi connectivity index (χ4n) is 3.51. The number of piperidine rings is 1. The number of ether oxygens (including phenoxy) is 1. The molecule has 0 amide bonds. The van der Waals surface area contributed by atoms with Crippen LogP contribution in [0.3, 0.4) is 0 Å². The molecule has 0 unspecified atom stereocenters. The molecule has 0 atom stereocenters. The van der Waals surface area contributed by atoms with Gasteiger partial charge in [-0.3, -0.25) is 0 Å². The number of hydrogen-bond donors (Lipinski definition) is 1. The molecule has 1 aliphatic rings. The van der Waals surface area contributed by atoms with E-state index in [1.165, 1.54) is 17.5 Å². The third-order valence-electron chi connectivity index (χ3n) is 4.94. The van der Waals surface area contributed by atoms with Gasteiger partial charge in [0.2, 0.25) is 5.88 Å². The van der Waals surface area contributed by atoms with Crippen LogP contribution in [0.15, 0.2) is 12.3 Å². The molecule has 1 fully saturated rings. The largest absolute Gasteiger partial charge is 0.481 e. The minimum Gasteiger partial charge on any atom is -0.481 e. The van der Waals surface area contributed by atoms with E-state index in [1.54, 1.807) is 11.6 Å². The molecular weight excluding hydrogens is 356 g/mol. The molecule has 3 rings (SSSR count). The summed E-state index contributed by atoms with van der Waals surface area (Å²) in [6.45, 7) is 3.18. The number of nitrogens with two attached hydrogens (primary N) is 1. The summed E-state index contributed by atoms with van der Waals surface area (Å²) in [6.07, 6.45) is 2.79. The smallest absolute Gasteiger partial charge is 0.276 e. The molecule has 0 bridgehead atoms. The van der Waals surface area contributed by atoms with Crippen molar-refractivity contribution >= 4 is 21.4 Å². The highest BCUT2D eigenvalue weighted by atomic mass is 32.2. The second-order valence-electron chi connectivity index (χ2n) is 6.43. The summed E-state index contributed by atoms with van der Waals surface area (Å²) in [6, 6.07) is 3.95. The number of fused-ring (bicyclic) bond motifs is 1. The summed E-state index contributed by atoms with van der Waals surface area (Å²) in [5.74, 6) is 0.604. The molecule has 0 radical (unpaired) electrons. The van der Waals surface area contributed by atoms with Crippen molar-refractivity contribution in [2.24, 2.45) is 5.14 Å². The highest BCUT2D eigenvalue weighted by molar-refractivity contribution is 7.86. The molecule has 0 aliphatic carbocycles. The Kier molecular flexibility index (Phi) is 4.79. The van der Waals surface area contributed by atoms with Crippen LogP contribution in [-0.2, 0) is 10.2 Å². The zero-order valence-corrected chi connectivity index (χ0v) is 15.8. The van der Waals surface area contributed by atoms with Crippen molar-refractivity contribution in [3.05, 3.63) is 23.4 Å². The van der Waals surface area contributed by atoms with E-state index in [0.717, 1.165) is 16.8 Å². The Morgan fingerprint density at radius 2 is 2.08 bits per heavy atom. The summed E-state index contributed by atoms with van der Waals surface area (Å²) < 4.78 is 31.4. The Hall–Kier alpha value is -2.35. The van der Waals surface area contributed by atoms with E-state index in [-0.39, 0.29) is 6.04 Å². The van der Waals surface area contributed by atoms with Crippen molar-refractivity contribution in [2.75, 3.05) is 32.1 Å². The summed E-state index contributed by atoms with van der Waals surface area (Å²) in [4.78, 5) is 2.11. The van der Waals surface area contributed by atoms with Crippen molar-refractivity contribution in [1.29, 1.82) is 5.26 Å². The summed E-state index contributed by atoms with van der Waals surface area (Å²) in [5, 5.41) is 19.1. The van der Waals surface area contributed by atoms with Crippen LogP contribution in [0, 0.1) is 18.3 Å². The van der Waals surface area contributed by atoms with Crippen molar-refractivity contribution in [2.45, 2.75) is 25.8 Å². The molecule has 2 N–H and O–H groups in total. The lowest BCUT2D eigenvalue weighted by molar-refractivity contribution is 0.312. The van der Waals surface area contributed by atoms with Crippen molar-refractivity contribution in [1.82, 2.24) is 13.9 Å². The number of nitrogens with zero attached hydrogens (tertiary/aromatic N) is 5.